The highest BCUT2D eigenvalue weighted by Gasteiger charge is 2.08. The Labute approximate surface area is 163 Å². The molecule has 0 amide bonds. The Balaban J connectivity index is 1.77. The zero-order valence-electron chi connectivity index (χ0n) is 15.6. The van der Waals surface area contributed by atoms with Gasteiger partial charge in [-0.2, -0.15) is 0 Å². The van der Waals surface area contributed by atoms with Crippen LogP contribution in [0.1, 0.15) is 11.4 Å². The highest BCUT2D eigenvalue weighted by atomic mass is 35.5. The van der Waals surface area contributed by atoms with Crippen LogP contribution in [0.15, 0.2) is 53.6 Å². The molecule has 0 bridgehead atoms. The number of rotatable bonds is 6. The number of halogens is 1. The van der Waals surface area contributed by atoms with Gasteiger partial charge in [0.25, 0.3) is 0 Å². The number of aromatic amines is 1. The Kier molecular flexibility index (Phi) is 5.88. The van der Waals surface area contributed by atoms with Crippen molar-refractivity contribution in [2.45, 2.75) is 13.1 Å². The molecule has 0 saturated carbocycles. The summed E-state index contributed by atoms with van der Waals surface area (Å²) in [6, 6.07) is 10.6. The van der Waals surface area contributed by atoms with Gasteiger partial charge in [-0.1, -0.05) is 11.6 Å². The Bertz CT molecular complexity index is 986. The summed E-state index contributed by atoms with van der Waals surface area (Å²) in [4.78, 5) is 28.3. The van der Waals surface area contributed by atoms with E-state index in [-0.39, 0.29) is 5.43 Å². The van der Waals surface area contributed by atoms with Gasteiger partial charge in [0, 0.05) is 68.1 Å². The van der Waals surface area contributed by atoms with Gasteiger partial charge in [0.2, 0.25) is 0 Å². The van der Waals surface area contributed by atoms with Gasteiger partial charge >= 0.3 is 0 Å². The maximum atomic E-state index is 12.1. The second-order valence-electron chi connectivity index (χ2n) is 6.69. The molecule has 0 aliphatic heterocycles. The summed E-state index contributed by atoms with van der Waals surface area (Å²) in [6.45, 7) is 1.25. The largest absolute Gasteiger partial charge is 0.378 e. The Morgan fingerprint density at radius 1 is 1.00 bits per heavy atom. The maximum absolute atomic E-state index is 12.1. The maximum Gasteiger partial charge on any atom is 0.182 e. The number of hydrogen-bond acceptors (Lipinski definition) is 5. The SMILES string of the molecule is CN(Cc1cc(N(C)C)ccn1)Cc1cc(=O)cc(-c2cc(Cl)ccn2)[nH]1. The molecule has 0 aromatic carbocycles. The topological polar surface area (TPSA) is 65.1 Å². The lowest BCUT2D eigenvalue weighted by Gasteiger charge is -2.18. The van der Waals surface area contributed by atoms with Crippen molar-refractivity contribution in [3.05, 3.63) is 75.4 Å². The Morgan fingerprint density at radius 2 is 1.78 bits per heavy atom. The molecule has 0 aliphatic rings. The number of anilines is 1. The number of aromatic nitrogens is 3. The van der Waals surface area contributed by atoms with Crippen molar-refractivity contribution in [1.29, 1.82) is 0 Å². The van der Waals surface area contributed by atoms with Crippen molar-refractivity contribution < 1.29 is 0 Å². The van der Waals surface area contributed by atoms with Crippen molar-refractivity contribution in [2.75, 3.05) is 26.0 Å². The predicted molar refractivity (Wildman–Crippen MR) is 109 cm³/mol. The van der Waals surface area contributed by atoms with Gasteiger partial charge < -0.3 is 9.88 Å². The van der Waals surface area contributed by atoms with Crippen molar-refractivity contribution in [1.82, 2.24) is 19.9 Å². The zero-order chi connectivity index (χ0) is 19.4. The van der Waals surface area contributed by atoms with Crippen LogP contribution in [0, 0.1) is 0 Å². The van der Waals surface area contributed by atoms with E-state index in [9.17, 15) is 4.79 Å². The minimum Gasteiger partial charge on any atom is -0.378 e. The van der Waals surface area contributed by atoms with Crippen LogP contribution in [0.2, 0.25) is 5.02 Å². The van der Waals surface area contributed by atoms with Gasteiger partial charge in [0.05, 0.1) is 17.1 Å². The van der Waals surface area contributed by atoms with Crippen LogP contribution in [-0.4, -0.2) is 41.0 Å². The van der Waals surface area contributed by atoms with Gasteiger partial charge in [-0.15, -0.1) is 0 Å². The third kappa shape index (κ3) is 5.15. The molecule has 0 atom stereocenters. The summed E-state index contributed by atoms with van der Waals surface area (Å²) in [6.07, 6.45) is 3.43. The van der Waals surface area contributed by atoms with Gasteiger partial charge in [0.1, 0.15) is 0 Å². The summed E-state index contributed by atoms with van der Waals surface area (Å²) in [5.74, 6) is 0. The number of nitrogens with one attached hydrogen (secondary N) is 1. The van der Waals surface area contributed by atoms with Crippen LogP contribution in [0.5, 0.6) is 0 Å². The van der Waals surface area contributed by atoms with E-state index in [0.717, 1.165) is 17.1 Å². The molecule has 3 rings (SSSR count). The zero-order valence-corrected chi connectivity index (χ0v) is 16.4. The monoisotopic (exact) mass is 383 g/mol. The molecule has 27 heavy (non-hydrogen) atoms. The summed E-state index contributed by atoms with van der Waals surface area (Å²) >= 11 is 6.03. The van der Waals surface area contributed by atoms with Gasteiger partial charge in [-0.25, -0.2) is 0 Å². The van der Waals surface area contributed by atoms with Gasteiger partial charge in [0.15, 0.2) is 5.43 Å². The lowest BCUT2D eigenvalue weighted by Crippen LogP contribution is -2.20. The Morgan fingerprint density at radius 3 is 2.52 bits per heavy atom. The molecule has 0 saturated heterocycles. The molecular weight excluding hydrogens is 362 g/mol. The average Bonchev–Trinajstić information content (AvgIpc) is 2.61. The van der Waals surface area contributed by atoms with Crippen LogP contribution < -0.4 is 10.3 Å². The predicted octanol–water partition coefficient (Wildman–Crippen LogP) is 3.18. The highest BCUT2D eigenvalue weighted by molar-refractivity contribution is 6.30. The molecule has 3 aromatic rings. The fourth-order valence-corrected chi connectivity index (χ4v) is 2.99. The first-order valence-corrected chi connectivity index (χ1v) is 8.94. The molecule has 3 aromatic heterocycles. The van der Waals surface area contributed by atoms with Crippen LogP contribution in [0.4, 0.5) is 5.69 Å². The van der Waals surface area contributed by atoms with E-state index in [1.165, 1.54) is 6.07 Å². The number of nitrogens with zero attached hydrogens (tertiary/aromatic N) is 4. The quantitative estimate of drug-likeness (QED) is 0.708. The van der Waals surface area contributed by atoms with Gasteiger partial charge in [-0.05, 0) is 31.3 Å². The van der Waals surface area contributed by atoms with Crippen LogP contribution >= 0.6 is 11.6 Å². The van der Waals surface area contributed by atoms with E-state index < -0.39 is 0 Å². The molecule has 140 valence electrons. The van der Waals surface area contributed by atoms with Crippen LogP contribution in [-0.2, 0) is 13.1 Å². The molecule has 0 radical (unpaired) electrons. The van der Waals surface area contributed by atoms with E-state index in [1.54, 1.807) is 24.4 Å². The van der Waals surface area contributed by atoms with E-state index in [4.69, 9.17) is 11.6 Å². The fourth-order valence-electron chi connectivity index (χ4n) is 2.83. The summed E-state index contributed by atoms with van der Waals surface area (Å²) in [7, 11) is 6.00. The normalized spacial score (nSPS) is 11.0. The first-order valence-electron chi connectivity index (χ1n) is 8.56. The third-order valence-electron chi connectivity index (χ3n) is 4.08. The van der Waals surface area contributed by atoms with E-state index in [0.29, 0.717) is 29.5 Å². The van der Waals surface area contributed by atoms with Crippen molar-refractivity contribution in [2.24, 2.45) is 0 Å². The van der Waals surface area contributed by atoms with Crippen LogP contribution in [0.3, 0.4) is 0 Å². The molecule has 0 unspecified atom stereocenters. The molecule has 7 heteroatoms. The first kappa shape index (κ1) is 19.1. The molecule has 0 aliphatic carbocycles. The van der Waals surface area contributed by atoms with E-state index in [1.807, 2.05) is 38.3 Å². The van der Waals surface area contributed by atoms with E-state index in [2.05, 4.69) is 25.9 Å². The molecule has 0 spiro atoms. The minimum absolute atomic E-state index is 0.0679. The molecule has 3 heterocycles. The lowest BCUT2D eigenvalue weighted by molar-refractivity contribution is 0.311. The van der Waals surface area contributed by atoms with Crippen molar-refractivity contribution in [3.63, 3.8) is 0 Å². The van der Waals surface area contributed by atoms with Gasteiger partial charge in [-0.3, -0.25) is 19.7 Å². The minimum atomic E-state index is -0.0679. The number of hydrogen-bond donors (Lipinski definition) is 1. The second kappa shape index (κ2) is 8.33. The van der Waals surface area contributed by atoms with Crippen molar-refractivity contribution >= 4 is 17.3 Å². The summed E-state index contributed by atoms with van der Waals surface area (Å²) in [5.41, 5.74) is 4.12. The third-order valence-corrected chi connectivity index (χ3v) is 4.32. The fraction of sp³-hybridized carbons (Fsp3) is 0.250. The number of pyridine rings is 3. The second-order valence-corrected chi connectivity index (χ2v) is 7.12. The standard InChI is InChI=1S/C20H22ClN5O/c1-25(2)17-5-7-22-15(9-17)12-26(3)13-16-10-18(27)11-20(24-16)19-8-14(21)4-6-23-19/h4-11H,12-13H2,1-3H3,(H,24,27). The van der Waals surface area contributed by atoms with Crippen LogP contribution in [0.25, 0.3) is 11.4 Å². The molecule has 6 nitrogen and oxygen atoms in total. The summed E-state index contributed by atoms with van der Waals surface area (Å²) < 4.78 is 0. The first-order chi connectivity index (χ1) is 12.9. The summed E-state index contributed by atoms with van der Waals surface area (Å²) in [5, 5.41) is 0.579. The highest BCUT2D eigenvalue weighted by Crippen LogP contribution is 2.18. The lowest BCUT2D eigenvalue weighted by atomic mass is 10.2. The smallest absolute Gasteiger partial charge is 0.182 e. The Hall–Kier alpha value is -2.70. The van der Waals surface area contributed by atoms with E-state index >= 15 is 0 Å². The number of H-pyrrole nitrogens is 1. The molecule has 1 N–H and O–H groups in total. The van der Waals surface area contributed by atoms with Crippen molar-refractivity contribution in [3.8, 4) is 11.4 Å². The molecular formula is C20H22ClN5O. The average molecular weight is 384 g/mol. The molecule has 0 fully saturated rings.